The average Bonchev–Trinajstić information content (AvgIpc) is 2.64. The molecule has 0 bridgehead atoms. The fraction of sp³-hybridized carbons (Fsp3) is 0.636. The van der Waals surface area contributed by atoms with Gasteiger partial charge in [0.25, 0.3) is 0 Å². The quantitative estimate of drug-likeness (QED) is 0.778. The predicted molar refractivity (Wildman–Crippen MR) is 108 cm³/mol. The number of pyridine rings is 1. The summed E-state index contributed by atoms with van der Waals surface area (Å²) in [4.78, 5) is 44.6. The van der Waals surface area contributed by atoms with Crippen LogP contribution in [-0.2, 0) is 33.7 Å². The van der Waals surface area contributed by atoms with Crippen LogP contribution in [0.4, 0.5) is 4.79 Å². The second-order valence-corrected chi connectivity index (χ2v) is 8.97. The minimum absolute atomic E-state index is 0.0140. The molecule has 0 radical (unpaired) electrons. The molecule has 2 aliphatic rings. The molecule has 2 amide bonds. The van der Waals surface area contributed by atoms with Crippen LogP contribution in [0.1, 0.15) is 63.9 Å². The van der Waals surface area contributed by atoms with E-state index in [0.717, 1.165) is 23.4 Å². The number of piperidine rings is 1. The lowest BCUT2D eigenvalue weighted by Crippen LogP contribution is -2.49. The summed E-state index contributed by atoms with van der Waals surface area (Å²) < 4.78 is 5.65. The Morgan fingerprint density at radius 1 is 1.21 bits per heavy atom. The number of ether oxygens (including phenoxy) is 1. The number of amides is 2. The lowest BCUT2D eigenvalue weighted by Gasteiger charge is -2.38. The molecule has 1 aliphatic carbocycles. The fourth-order valence-corrected chi connectivity index (χ4v) is 3.92. The van der Waals surface area contributed by atoms with E-state index in [1.807, 2.05) is 37.8 Å². The molecule has 1 aromatic heterocycles. The van der Waals surface area contributed by atoms with E-state index in [1.54, 1.807) is 11.8 Å². The van der Waals surface area contributed by atoms with Crippen molar-refractivity contribution in [1.29, 1.82) is 0 Å². The molecule has 2 heterocycles. The molecule has 0 aromatic carbocycles. The van der Waals surface area contributed by atoms with E-state index in [0.29, 0.717) is 45.3 Å². The summed E-state index contributed by atoms with van der Waals surface area (Å²) >= 11 is 0. The van der Waals surface area contributed by atoms with Gasteiger partial charge in [0, 0.05) is 38.9 Å². The Bertz CT molecular complexity index is 792. The van der Waals surface area contributed by atoms with Crippen LogP contribution in [0.2, 0.25) is 0 Å². The van der Waals surface area contributed by atoms with Crippen molar-refractivity contribution in [2.24, 2.45) is 0 Å². The van der Waals surface area contributed by atoms with E-state index >= 15 is 0 Å². The predicted octanol–water partition coefficient (Wildman–Crippen LogP) is 2.89. The molecule has 3 rings (SSSR count). The van der Waals surface area contributed by atoms with Gasteiger partial charge in [-0.05, 0) is 51.7 Å². The highest BCUT2D eigenvalue weighted by Gasteiger charge is 2.32. The first kappa shape index (κ1) is 21.3. The third kappa shape index (κ3) is 5.55. The number of rotatable bonds is 3. The van der Waals surface area contributed by atoms with E-state index in [4.69, 9.17) is 4.74 Å². The average molecular weight is 402 g/mol. The Hall–Kier alpha value is -2.44. The van der Waals surface area contributed by atoms with E-state index in [-0.39, 0.29) is 23.8 Å². The number of ketones is 1. The summed E-state index contributed by atoms with van der Waals surface area (Å²) in [6, 6.07) is 3.95. The van der Waals surface area contributed by atoms with Gasteiger partial charge in [-0.25, -0.2) is 4.79 Å². The van der Waals surface area contributed by atoms with Gasteiger partial charge >= 0.3 is 6.09 Å². The second-order valence-electron chi connectivity index (χ2n) is 8.97. The van der Waals surface area contributed by atoms with Gasteiger partial charge in [0.2, 0.25) is 5.91 Å². The summed E-state index contributed by atoms with van der Waals surface area (Å²) in [5, 5.41) is 0. The molecule has 29 heavy (non-hydrogen) atoms. The smallest absolute Gasteiger partial charge is 0.410 e. The molecule has 1 aliphatic heterocycles. The van der Waals surface area contributed by atoms with Crippen LogP contribution in [0.5, 0.6) is 0 Å². The Labute approximate surface area is 172 Å². The van der Waals surface area contributed by atoms with Gasteiger partial charge in [-0.3, -0.25) is 19.5 Å². The molecule has 158 valence electrons. The lowest BCUT2D eigenvalue weighted by atomic mass is 9.95. The highest BCUT2D eigenvalue weighted by Crippen LogP contribution is 2.23. The number of aromatic nitrogens is 1. The maximum Gasteiger partial charge on any atom is 0.410 e. The zero-order chi connectivity index (χ0) is 21.2. The fourth-order valence-electron chi connectivity index (χ4n) is 3.92. The van der Waals surface area contributed by atoms with Crippen molar-refractivity contribution in [3.05, 3.63) is 29.1 Å². The largest absolute Gasteiger partial charge is 0.444 e. The highest BCUT2D eigenvalue weighted by molar-refractivity contribution is 5.82. The summed E-state index contributed by atoms with van der Waals surface area (Å²) in [5.74, 6) is 0.274. The van der Waals surface area contributed by atoms with Crippen molar-refractivity contribution < 1.29 is 19.1 Å². The van der Waals surface area contributed by atoms with Crippen LogP contribution in [0.15, 0.2) is 12.1 Å². The first-order valence-electron chi connectivity index (χ1n) is 10.4. The number of fused-ring (bicyclic) bond motifs is 1. The van der Waals surface area contributed by atoms with E-state index in [9.17, 15) is 14.4 Å². The Balaban J connectivity index is 1.78. The van der Waals surface area contributed by atoms with Crippen LogP contribution in [0.3, 0.4) is 0 Å². The van der Waals surface area contributed by atoms with Gasteiger partial charge in [0.15, 0.2) is 0 Å². The zero-order valence-electron chi connectivity index (χ0n) is 17.9. The number of carbonyl (C=O) groups is 3. The van der Waals surface area contributed by atoms with E-state index < -0.39 is 5.60 Å². The van der Waals surface area contributed by atoms with Gasteiger partial charge < -0.3 is 9.64 Å². The highest BCUT2D eigenvalue weighted by atomic mass is 16.6. The number of aryl methyl sites for hydroxylation is 1. The van der Waals surface area contributed by atoms with Crippen LogP contribution >= 0.6 is 0 Å². The van der Waals surface area contributed by atoms with Crippen molar-refractivity contribution in [3.63, 3.8) is 0 Å². The zero-order valence-corrected chi connectivity index (χ0v) is 17.9. The molecule has 0 saturated carbocycles. The van der Waals surface area contributed by atoms with Crippen molar-refractivity contribution in [3.8, 4) is 0 Å². The molecule has 1 aromatic rings. The SMILES string of the molecule is CC(=O)N1CCC(N(Cc2ccc3c(n2)CC(=O)CC3)C(=O)OC(C)(C)C)CC1. The molecule has 0 unspecified atom stereocenters. The minimum atomic E-state index is -0.592. The second kappa shape index (κ2) is 8.51. The molecule has 0 N–H and O–H groups in total. The topological polar surface area (TPSA) is 79.8 Å². The van der Waals surface area contributed by atoms with Gasteiger partial charge in [-0.2, -0.15) is 0 Å². The third-order valence-electron chi connectivity index (χ3n) is 5.47. The summed E-state index contributed by atoms with van der Waals surface area (Å²) in [7, 11) is 0. The van der Waals surface area contributed by atoms with Gasteiger partial charge in [0.1, 0.15) is 11.4 Å². The van der Waals surface area contributed by atoms with E-state index in [2.05, 4.69) is 4.98 Å². The summed E-state index contributed by atoms with van der Waals surface area (Å²) in [6.07, 6.45) is 2.74. The molecule has 0 atom stereocenters. The van der Waals surface area contributed by atoms with Gasteiger partial charge in [-0.1, -0.05) is 6.07 Å². The summed E-state index contributed by atoms with van der Waals surface area (Å²) in [6.45, 7) is 8.72. The van der Waals surface area contributed by atoms with Crippen LogP contribution in [0, 0.1) is 0 Å². The molecule has 0 spiro atoms. The van der Waals surface area contributed by atoms with E-state index in [1.165, 1.54) is 0 Å². The summed E-state index contributed by atoms with van der Waals surface area (Å²) in [5.41, 5.74) is 2.12. The maximum atomic E-state index is 13.0. The monoisotopic (exact) mass is 401 g/mol. The van der Waals surface area contributed by atoms with Gasteiger partial charge in [-0.15, -0.1) is 0 Å². The maximum absolute atomic E-state index is 13.0. The Morgan fingerprint density at radius 3 is 2.52 bits per heavy atom. The number of hydrogen-bond donors (Lipinski definition) is 0. The first-order valence-corrected chi connectivity index (χ1v) is 10.4. The standard InChI is InChI=1S/C22H31N3O4/c1-15(26)24-11-9-18(10-12-24)25(21(28)29-22(2,3)4)14-17-7-5-16-6-8-19(27)13-20(16)23-17/h5,7,18H,6,8-14H2,1-4H3. The van der Waals surface area contributed by atoms with Crippen LogP contribution < -0.4 is 0 Å². The minimum Gasteiger partial charge on any atom is -0.444 e. The number of nitrogens with zero attached hydrogens (tertiary/aromatic N) is 3. The Morgan fingerprint density at radius 2 is 1.90 bits per heavy atom. The third-order valence-corrected chi connectivity index (χ3v) is 5.47. The first-order chi connectivity index (χ1) is 13.6. The van der Waals surface area contributed by atoms with Crippen LogP contribution in [0.25, 0.3) is 0 Å². The van der Waals surface area contributed by atoms with Crippen molar-refractivity contribution >= 4 is 17.8 Å². The molecular formula is C22H31N3O4. The Kier molecular flexibility index (Phi) is 6.24. The normalized spacial score (nSPS) is 17.7. The molecule has 7 heteroatoms. The number of hydrogen-bond acceptors (Lipinski definition) is 5. The van der Waals surface area contributed by atoms with Crippen molar-refractivity contribution in [2.75, 3.05) is 13.1 Å². The molecular weight excluding hydrogens is 370 g/mol. The number of likely N-dealkylation sites (tertiary alicyclic amines) is 1. The van der Waals surface area contributed by atoms with Crippen LogP contribution in [-0.4, -0.2) is 57.3 Å². The number of Topliss-reactive ketones (excluding diaryl/α,β-unsaturated/α-hetero) is 1. The number of carbonyl (C=O) groups excluding carboxylic acids is 3. The molecule has 7 nitrogen and oxygen atoms in total. The van der Waals surface area contributed by atoms with Crippen molar-refractivity contribution in [2.45, 2.75) is 78.0 Å². The lowest BCUT2D eigenvalue weighted by molar-refractivity contribution is -0.130. The molecule has 1 fully saturated rings. The molecule has 1 saturated heterocycles. The van der Waals surface area contributed by atoms with Crippen molar-refractivity contribution in [1.82, 2.24) is 14.8 Å². The van der Waals surface area contributed by atoms with Gasteiger partial charge in [0.05, 0.1) is 17.9 Å².